The number of benzene rings is 1. The minimum Gasteiger partial charge on any atom is -0.491 e. The number of hydrogen-bond donors (Lipinski definition) is 1. The van der Waals surface area contributed by atoms with Gasteiger partial charge in [-0.2, -0.15) is 0 Å². The van der Waals surface area contributed by atoms with Gasteiger partial charge >= 0.3 is 0 Å². The summed E-state index contributed by atoms with van der Waals surface area (Å²) in [5.74, 6) is 0.875. The Morgan fingerprint density at radius 3 is 2.56 bits per heavy atom. The van der Waals surface area contributed by atoms with Crippen LogP contribution in [0.25, 0.3) is 10.6 Å². The topological polar surface area (TPSA) is 61.0 Å². The van der Waals surface area contributed by atoms with Gasteiger partial charge in [0.15, 0.2) is 0 Å². The van der Waals surface area contributed by atoms with E-state index in [4.69, 9.17) is 10.5 Å². The van der Waals surface area contributed by atoms with E-state index in [1.807, 2.05) is 38.1 Å². The molecule has 0 aliphatic heterocycles. The summed E-state index contributed by atoms with van der Waals surface area (Å²) in [5, 5.41) is 10.2. The molecule has 0 saturated heterocycles. The van der Waals surface area contributed by atoms with Crippen LogP contribution in [0.3, 0.4) is 0 Å². The molecule has 0 unspecified atom stereocenters. The fraction of sp³-hybridized carbons (Fsp3) is 0.385. The molecule has 0 bridgehead atoms. The van der Waals surface area contributed by atoms with E-state index in [0.717, 1.165) is 27.7 Å². The second kappa shape index (κ2) is 5.93. The average Bonchev–Trinajstić information content (AvgIpc) is 2.78. The molecular formula is C13H17N3OS. The van der Waals surface area contributed by atoms with Crippen LogP contribution in [0.4, 0.5) is 0 Å². The van der Waals surface area contributed by atoms with Crippen LogP contribution in [-0.4, -0.2) is 22.8 Å². The van der Waals surface area contributed by atoms with Gasteiger partial charge in [-0.25, -0.2) is 0 Å². The molecule has 0 fully saturated rings. The van der Waals surface area contributed by atoms with Crippen LogP contribution in [-0.2, 0) is 6.42 Å². The number of ether oxygens (including phenoxy) is 1. The summed E-state index contributed by atoms with van der Waals surface area (Å²) in [4.78, 5) is 0. The Hall–Kier alpha value is -1.46. The molecule has 0 amide bonds. The normalized spacial score (nSPS) is 10.9. The van der Waals surface area contributed by atoms with Crippen LogP contribution >= 0.6 is 11.3 Å². The summed E-state index contributed by atoms with van der Waals surface area (Å²) in [6.07, 6.45) is 0.972. The second-order valence-electron chi connectivity index (χ2n) is 4.23. The maximum Gasteiger partial charge on any atom is 0.147 e. The third kappa shape index (κ3) is 3.27. The lowest BCUT2D eigenvalue weighted by atomic mass is 10.2. The lowest BCUT2D eigenvalue weighted by molar-refractivity contribution is 0.242. The molecule has 96 valence electrons. The summed E-state index contributed by atoms with van der Waals surface area (Å²) in [7, 11) is 0. The van der Waals surface area contributed by atoms with Crippen molar-refractivity contribution in [3.8, 4) is 16.3 Å². The first-order valence-corrected chi connectivity index (χ1v) is 6.80. The molecule has 1 aromatic heterocycles. The van der Waals surface area contributed by atoms with Gasteiger partial charge in [-0.15, -0.1) is 10.2 Å². The third-order valence-corrected chi connectivity index (χ3v) is 3.33. The summed E-state index contributed by atoms with van der Waals surface area (Å²) >= 11 is 1.59. The van der Waals surface area contributed by atoms with Gasteiger partial charge in [-0.05, 0) is 44.7 Å². The Bertz CT molecular complexity index is 493. The fourth-order valence-electron chi connectivity index (χ4n) is 1.54. The van der Waals surface area contributed by atoms with Crippen LogP contribution in [0.1, 0.15) is 18.9 Å². The van der Waals surface area contributed by atoms with Crippen molar-refractivity contribution in [2.45, 2.75) is 26.4 Å². The molecule has 2 N–H and O–H groups in total. The first-order valence-electron chi connectivity index (χ1n) is 5.98. The maximum atomic E-state index is 5.60. The average molecular weight is 263 g/mol. The van der Waals surface area contributed by atoms with E-state index in [0.29, 0.717) is 6.54 Å². The highest BCUT2D eigenvalue weighted by Gasteiger charge is 2.06. The Balaban J connectivity index is 2.12. The molecule has 0 saturated carbocycles. The van der Waals surface area contributed by atoms with Gasteiger partial charge in [0, 0.05) is 12.0 Å². The molecule has 0 atom stereocenters. The molecule has 0 aliphatic rings. The molecule has 2 aromatic rings. The Morgan fingerprint density at radius 2 is 1.94 bits per heavy atom. The van der Waals surface area contributed by atoms with Crippen LogP contribution in [0.15, 0.2) is 24.3 Å². The van der Waals surface area contributed by atoms with Crippen LogP contribution in [0.2, 0.25) is 0 Å². The van der Waals surface area contributed by atoms with E-state index in [1.165, 1.54) is 0 Å². The monoisotopic (exact) mass is 263 g/mol. The predicted molar refractivity (Wildman–Crippen MR) is 73.9 cm³/mol. The number of nitrogens with zero attached hydrogens (tertiary/aromatic N) is 2. The summed E-state index contributed by atoms with van der Waals surface area (Å²) in [6.45, 7) is 4.63. The molecule has 2 rings (SSSR count). The largest absolute Gasteiger partial charge is 0.491 e. The molecule has 0 aliphatic carbocycles. The molecule has 0 radical (unpaired) electrons. The van der Waals surface area contributed by atoms with Gasteiger partial charge in [-0.3, -0.25) is 0 Å². The lowest BCUT2D eigenvalue weighted by Gasteiger charge is -2.09. The molecule has 1 heterocycles. The van der Waals surface area contributed by atoms with E-state index in [1.54, 1.807) is 11.3 Å². The first kappa shape index (κ1) is 13.0. The van der Waals surface area contributed by atoms with Crippen LogP contribution in [0, 0.1) is 0 Å². The quantitative estimate of drug-likeness (QED) is 0.900. The van der Waals surface area contributed by atoms with Gasteiger partial charge in [0.2, 0.25) is 0 Å². The highest BCUT2D eigenvalue weighted by atomic mass is 32.1. The number of hydrogen-bond acceptors (Lipinski definition) is 5. The van der Waals surface area contributed by atoms with Crippen molar-refractivity contribution in [2.75, 3.05) is 6.54 Å². The minimum atomic E-state index is 0.188. The molecule has 18 heavy (non-hydrogen) atoms. The van der Waals surface area contributed by atoms with Gasteiger partial charge in [0.1, 0.15) is 15.8 Å². The molecule has 1 aromatic carbocycles. The van der Waals surface area contributed by atoms with Crippen molar-refractivity contribution < 1.29 is 4.74 Å². The highest BCUT2D eigenvalue weighted by Crippen LogP contribution is 2.25. The number of nitrogens with two attached hydrogens (primary N) is 1. The second-order valence-corrected chi connectivity index (χ2v) is 5.29. The Morgan fingerprint density at radius 1 is 1.22 bits per heavy atom. The molecule has 4 nitrogen and oxygen atoms in total. The van der Waals surface area contributed by atoms with E-state index in [2.05, 4.69) is 10.2 Å². The van der Waals surface area contributed by atoms with Crippen molar-refractivity contribution in [1.82, 2.24) is 10.2 Å². The van der Waals surface area contributed by atoms with Gasteiger partial charge in [-0.1, -0.05) is 11.3 Å². The highest BCUT2D eigenvalue weighted by molar-refractivity contribution is 7.14. The van der Waals surface area contributed by atoms with Gasteiger partial charge in [0.05, 0.1) is 6.10 Å². The van der Waals surface area contributed by atoms with Crippen LogP contribution in [0.5, 0.6) is 5.75 Å². The summed E-state index contributed by atoms with van der Waals surface area (Å²) in [5.41, 5.74) is 6.56. The zero-order chi connectivity index (χ0) is 13.0. The van der Waals surface area contributed by atoms with E-state index < -0.39 is 0 Å². The van der Waals surface area contributed by atoms with E-state index in [9.17, 15) is 0 Å². The minimum absolute atomic E-state index is 0.188. The Labute approximate surface area is 111 Å². The zero-order valence-electron chi connectivity index (χ0n) is 10.6. The Kier molecular flexibility index (Phi) is 4.28. The van der Waals surface area contributed by atoms with Crippen molar-refractivity contribution >= 4 is 11.3 Å². The summed E-state index contributed by atoms with van der Waals surface area (Å²) < 4.78 is 5.60. The van der Waals surface area contributed by atoms with Crippen molar-refractivity contribution in [1.29, 1.82) is 0 Å². The summed E-state index contributed by atoms with van der Waals surface area (Å²) in [6, 6.07) is 7.92. The van der Waals surface area contributed by atoms with Crippen LogP contribution < -0.4 is 10.5 Å². The van der Waals surface area contributed by atoms with E-state index in [-0.39, 0.29) is 6.10 Å². The fourth-order valence-corrected chi connectivity index (χ4v) is 2.40. The first-order chi connectivity index (χ1) is 8.69. The van der Waals surface area contributed by atoms with E-state index >= 15 is 0 Å². The molecule has 0 spiro atoms. The smallest absolute Gasteiger partial charge is 0.147 e. The molecule has 5 heteroatoms. The van der Waals surface area contributed by atoms with Gasteiger partial charge in [0.25, 0.3) is 0 Å². The maximum absolute atomic E-state index is 5.60. The predicted octanol–water partition coefficient (Wildman–Crippen LogP) is 2.49. The SMILES string of the molecule is CC(C)Oc1ccc(-c2nnc(CCN)s2)cc1. The number of rotatable bonds is 5. The van der Waals surface area contributed by atoms with Crippen molar-refractivity contribution in [3.05, 3.63) is 29.3 Å². The van der Waals surface area contributed by atoms with Crippen molar-refractivity contribution in [2.24, 2.45) is 5.73 Å². The molecular weight excluding hydrogens is 246 g/mol. The number of aromatic nitrogens is 2. The third-order valence-electron chi connectivity index (χ3n) is 2.30. The van der Waals surface area contributed by atoms with Gasteiger partial charge < -0.3 is 10.5 Å². The lowest BCUT2D eigenvalue weighted by Crippen LogP contribution is -2.05. The van der Waals surface area contributed by atoms with Crippen molar-refractivity contribution in [3.63, 3.8) is 0 Å². The standard InChI is InChI=1S/C13H17N3OS/c1-9(2)17-11-5-3-10(4-6-11)13-16-15-12(18-13)7-8-14/h3-6,9H,7-8,14H2,1-2H3. The zero-order valence-corrected chi connectivity index (χ0v) is 11.4.